The molecule has 0 bridgehead atoms. The number of nitrogens with one attached hydrogen (secondary N) is 1. The molecule has 1 aliphatic heterocycles. The number of nitrogens with zero attached hydrogens (tertiary/aromatic N) is 1. The van der Waals surface area contributed by atoms with Gasteiger partial charge in [-0.25, -0.2) is 4.98 Å². The summed E-state index contributed by atoms with van der Waals surface area (Å²) in [6, 6.07) is 8.61. The van der Waals surface area contributed by atoms with Crippen LogP contribution in [0.15, 0.2) is 30.5 Å². The van der Waals surface area contributed by atoms with Gasteiger partial charge >= 0.3 is 0 Å². The van der Waals surface area contributed by atoms with E-state index in [0.29, 0.717) is 6.04 Å². The molecule has 2 aromatic rings. The Balaban J connectivity index is 1.94. The SMILES string of the molecule is C[C@@H]1CCC(c2ccc3c(O)nccc3c2)NC1. The van der Waals surface area contributed by atoms with E-state index < -0.39 is 0 Å². The van der Waals surface area contributed by atoms with Gasteiger partial charge in [0.2, 0.25) is 5.88 Å². The van der Waals surface area contributed by atoms with Gasteiger partial charge < -0.3 is 10.4 Å². The van der Waals surface area contributed by atoms with Crippen LogP contribution in [-0.4, -0.2) is 16.6 Å². The lowest BCUT2D eigenvalue weighted by Crippen LogP contribution is -2.31. The predicted octanol–water partition coefficient (Wildman–Crippen LogP) is 3.00. The molecular weight excluding hydrogens is 224 g/mol. The fourth-order valence-corrected chi connectivity index (χ4v) is 2.68. The number of hydrogen-bond acceptors (Lipinski definition) is 3. The average Bonchev–Trinajstić information content (AvgIpc) is 2.39. The molecule has 1 unspecified atom stereocenters. The maximum atomic E-state index is 9.68. The fourth-order valence-electron chi connectivity index (χ4n) is 2.68. The van der Waals surface area contributed by atoms with Crippen molar-refractivity contribution in [1.82, 2.24) is 10.3 Å². The third kappa shape index (κ3) is 2.06. The quantitative estimate of drug-likeness (QED) is 0.808. The molecule has 1 aliphatic rings. The van der Waals surface area contributed by atoms with Crippen molar-refractivity contribution >= 4 is 10.8 Å². The highest BCUT2D eigenvalue weighted by Crippen LogP contribution is 2.29. The third-order valence-electron chi connectivity index (χ3n) is 3.83. The Hall–Kier alpha value is -1.61. The van der Waals surface area contributed by atoms with Crippen molar-refractivity contribution in [2.24, 2.45) is 5.92 Å². The smallest absolute Gasteiger partial charge is 0.218 e. The zero-order valence-corrected chi connectivity index (χ0v) is 10.6. The van der Waals surface area contributed by atoms with Crippen molar-refractivity contribution in [3.8, 4) is 5.88 Å². The van der Waals surface area contributed by atoms with Crippen LogP contribution in [0.3, 0.4) is 0 Å². The van der Waals surface area contributed by atoms with E-state index >= 15 is 0 Å². The molecule has 1 fully saturated rings. The van der Waals surface area contributed by atoms with Crippen LogP contribution in [0.4, 0.5) is 0 Å². The number of benzene rings is 1. The third-order valence-corrected chi connectivity index (χ3v) is 3.83. The highest BCUT2D eigenvalue weighted by molar-refractivity contribution is 5.87. The summed E-state index contributed by atoms with van der Waals surface area (Å²) in [5.41, 5.74) is 1.31. The van der Waals surface area contributed by atoms with Gasteiger partial charge in [-0.15, -0.1) is 0 Å². The van der Waals surface area contributed by atoms with Crippen molar-refractivity contribution < 1.29 is 5.11 Å². The molecule has 0 amide bonds. The number of rotatable bonds is 1. The summed E-state index contributed by atoms with van der Waals surface area (Å²) in [7, 11) is 0. The number of fused-ring (bicyclic) bond motifs is 1. The zero-order valence-electron chi connectivity index (χ0n) is 10.6. The molecule has 2 heterocycles. The lowest BCUT2D eigenvalue weighted by atomic mass is 9.91. The first-order valence-corrected chi connectivity index (χ1v) is 6.55. The number of aromatic hydroxyl groups is 1. The highest BCUT2D eigenvalue weighted by Gasteiger charge is 2.19. The van der Waals surface area contributed by atoms with Gasteiger partial charge in [0.1, 0.15) is 0 Å². The van der Waals surface area contributed by atoms with Crippen LogP contribution in [0.25, 0.3) is 10.8 Å². The van der Waals surface area contributed by atoms with E-state index in [4.69, 9.17) is 0 Å². The summed E-state index contributed by atoms with van der Waals surface area (Å²) < 4.78 is 0. The molecule has 0 aliphatic carbocycles. The van der Waals surface area contributed by atoms with E-state index in [-0.39, 0.29) is 5.88 Å². The number of pyridine rings is 1. The topological polar surface area (TPSA) is 45.2 Å². The monoisotopic (exact) mass is 242 g/mol. The number of piperidine rings is 1. The molecule has 0 radical (unpaired) electrons. The van der Waals surface area contributed by atoms with Crippen LogP contribution in [0.5, 0.6) is 5.88 Å². The molecular formula is C15H18N2O. The first-order chi connectivity index (χ1) is 8.74. The van der Waals surface area contributed by atoms with Gasteiger partial charge in [0.25, 0.3) is 0 Å². The maximum absolute atomic E-state index is 9.68. The second-order valence-corrected chi connectivity index (χ2v) is 5.26. The molecule has 18 heavy (non-hydrogen) atoms. The molecule has 2 atom stereocenters. The average molecular weight is 242 g/mol. The van der Waals surface area contributed by atoms with Crippen molar-refractivity contribution in [3.05, 3.63) is 36.0 Å². The summed E-state index contributed by atoms with van der Waals surface area (Å²) in [6.07, 6.45) is 4.11. The number of hydrogen-bond donors (Lipinski definition) is 2. The highest BCUT2D eigenvalue weighted by atomic mass is 16.3. The van der Waals surface area contributed by atoms with Crippen LogP contribution in [0, 0.1) is 5.92 Å². The normalized spacial score (nSPS) is 24.3. The van der Waals surface area contributed by atoms with E-state index in [9.17, 15) is 5.11 Å². The molecule has 3 heteroatoms. The molecule has 94 valence electrons. The Labute approximate surface area is 107 Å². The minimum Gasteiger partial charge on any atom is -0.493 e. The Kier molecular flexibility index (Phi) is 2.92. The summed E-state index contributed by atoms with van der Waals surface area (Å²) in [4.78, 5) is 3.90. The fraction of sp³-hybridized carbons (Fsp3) is 0.400. The minimum absolute atomic E-state index is 0.115. The van der Waals surface area contributed by atoms with Crippen LogP contribution in [0.2, 0.25) is 0 Å². The first kappa shape index (κ1) is 11.5. The lowest BCUT2D eigenvalue weighted by molar-refractivity contribution is 0.333. The standard InChI is InChI=1S/C15H18N2O/c1-10-2-5-14(17-9-10)12-3-4-13-11(8-12)6-7-16-15(13)18/h3-4,6-8,10,14,17H,2,5,9H2,1H3,(H,16,18)/t10-,14?/m1/s1. The van der Waals surface area contributed by atoms with Crippen molar-refractivity contribution in [1.29, 1.82) is 0 Å². The number of aromatic nitrogens is 1. The summed E-state index contributed by atoms with van der Waals surface area (Å²) >= 11 is 0. The van der Waals surface area contributed by atoms with Gasteiger partial charge in [-0.3, -0.25) is 0 Å². The van der Waals surface area contributed by atoms with Gasteiger partial charge in [0.05, 0.1) is 0 Å². The van der Waals surface area contributed by atoms with Gasteiger partial charge in [-0.2, -0.15) is 0 Å². The van der Waals surface area contributed by atoms with Crippen molar-refractivity contribution in [3.63, 3.8) is 0 Å². The van der Waals surface area contributed by atoms with Gasteiger partial charge in [0.15, 0.2) is 0 Å². The zero-order chi connectivity index (χ0) is 12.5. The molecule has 3 rings (SSSR count). The lowest BCUT2D eigenvalue weighted by Gasteiger charge is -2.28. The summed E-state index contributed by atoms with van der Waals surface area (Å²) in [5.74, 6) is 0.888. The summed E-state index contributed by atoms with van der Waals surface area (Å²) in [5, 5.41) is 15.1. The molecule has 1 aromatic heterocycles. The van der Waals surface area contributed by atoms with E-state index in [2.05, 4.69) is 29.4 Å². The predicted molar refractivity (Wildman–Crippen MR) is 72.5 cm³/mol. The second kappa shape index (κ2) is 4.58. The molecule has 0 spiro atoms. The van der Waals surface area contributed by atoms with E-state index in [1.54, 1.807) is 6.20 Å². The Morgan fingerprint density at radius 2 is 2.17 bits per heavy atom. The van der Waals surface area contributed by atoms with Crippen molar-refractivity contribution in [2.75, 3.05) is 6.54 Å². The van der Waals surface area contributed by atoms with Gasteiger partial charge in [-0.1, -0.05) is 13.0 Å². The van der Waals surface area contributed by atoms with E-state index in [1.165, 1.54) is 18.4 Å². The van der Waals surface area contributed by atoms with E-state index in [0.717, 1.165) is 23.2 Å². The van der Waals surface area contributed by atoms with Crippen LogP contribution in [0.1, 0.15) is 31.4 Å². The van der Waals surface area contributed by atoms with Crippen LogP contribution in [-0.2, 0) is 0 Å². The van der Waals surface area contributed by atoms with E-state index in [1.807, 2.05) is 12.1 Å². The second-order valence-electron chi connectivity index (χ2n) is 5.26. The Morgan fingerprint density at radius 3 is 2.94 bits per heavy atom. The largest absolute Gasteiger partial charge is 0.493 e. The maximum Gasteiger partial charge on any atom is 0.218 e. The van der Waals surface area contributed by atoms with Gasteiger partial charge in [0, 0.05) is 17.6 Å². The molecule has 1 saturated heterocycles. The van der Waals surface area contributed by atoms with Crippen LogP contribution >= 0.6 is 0 Å². The Morgan fingerprint density at radius 1 is 1.28 bits per heavy atom. The van der Waals surface area contributed by atoms with Gasteiger partial charge in [-0.05, 0) is 54.5 Å². The Bertz CT molecular complexity index is 559. The molecule has 3 nitrogen and oxygen atoms in total. The summed E-state index contributed by atoms with van der Waals surface area (Å²) in [6.45, 7) is 3.37. The van der Waals surface area contributed by atoms with Crippen molar-refractivity contribution in [2.45, 2.75) is 25.8 Å². The van der Waals surface area contributed by atoms with Crippen LogP contribution < -0.4 is 5.32 Å². The first-order valence-electron chi connectivity index (χ1n) is 6.55. The molecule has 0 saturated carbocycles. The molecule has 1 aromatic carbocycles. The molecule has 2 N–H and O–H groups in total. The minimum atomic E-state index is 0.115.